The van der Waals surface area contributed by atoms with Gasteiger partial charge in [0, 0.05) is 18.5 Å². The SMILES string of the molecule is C[C@H](OC(=O)c1ccc2ccccc2c1O)C(=O)N1CCCC1. The minimum absolute atomic E-state index is 0.0739. The number of esters is 1. The predicted molar refractivity (Wildman–Crippen MR) is 86.3 cm³/mol. The molecule has 0 aromatic heterocycles. The number of likely N-dealkylation sites (tertiary alicyclic amines) is 1. The Labute approximate surface area is 134 Å². The number of hydrogen-bond donors (Lipinski definition) is 1. The summed E-state index contributed by atoms with van der Waals surface area (Å²) in [6, 6.07) is 10.5. The van der Waals surface area contributed by atoms with E-state index in [1.54, 1.807) is 30.0 Å². The van der Waals surface area contributed by atoms with Crippen molar-refractivity contribution in [3.05, 3.63) is 42.0 Å². The summed E-state index contributed by atoms with van der Waals surface area (Å²) >= 11 is 0. The topological polar surface area (TPSA) is 66.8 Å². The minimum atomic E-state index is -0.855. The molecule has 0 saturated carbocycles. The Kier molecular flexibility index (Phi) is 4.19. The Bertz CT molecular complexity index is 750. The standard InChI is InChI=1S/C18H19NO4/c1-12(17(21)19-10-4-5-11-19)23-18(22)15-9-8-13-6-2-3-7-14(13)16(15)20/h2-3,6-9,12,20H,4-5,10-11H2,1H3/t12-/m0/s1. The maximum atomic E-state index is 12.3. The Morgan fingerprint density at radius 3 is 2.57 bits per heavy atom. The average molecular weight is 313 g/mol. The van der Waals surface area contributed by atoms with Crippen molar-refractivity contribution in [2.75, 3.05) is 13.1 Å². The van der Waals surface area contributed by atoms with Crippen molar-refractivity contribution in [3.63, 3.8) is 0 Å². The smallest absolute Gasteiger partial charge is 0.342 e. The van der Waals surface area contributed by atoms with Crippen LogP contribution >= 0.6 is 0 Å². The van der Waals surface area contributed by atoms with Gasteiger partial charge in [0.25, 0.3) is 5.91 Å². The van der Waals surface area contributed by atoms with Gasteiger partial charge in [0.05, 0.1) is 0 Å². The third-order valence-electron chi connectivity index (χ3n) is 4.17. The van der Waals surface area contributed by atoms with Gasteiger partial charge in [-0.05, 0) is 31.2 Å². The molecule has 2 aromatic rings. The summed E-state index contributed by atoms with van der Waals surface area (Å²) in [4.78, 5) is 26.2. The zero-order chi connectivity index (χ0) is 16.4. The van der Waals surface area contributed by atoms with Gasteiger partial charge in [-0.25, -0.2) is 4.79 Å². The molecule has 2 aromatic carbocycles. The summed E-state index contributed by atoms with van der Waals surface area (Å²) in [5.74, 6) is -0.988. The molecule has 1 heterocycles. The average Bonchev–Trinajstić information content (AvgIpc) is 3.09. The van der Waals surface area contributed by atoms with Crippen LogP contribution in [0.3, 0.4) is 0 Å². The number of amides is 1. The maximum Gasteiger partial charge on any atom is 0.342 e. The molecular formula is C18H19NO4. The monoisotopic (exact) mass is 313 g/mol. The number of aromatic hydroxyl groups is 1. The van der Waals surface area contributed by atoms with E-state index in [1.165, 1.54) is 6.07 Å². The highest BCUT2D eigenvalue weighted by Gasteiger charge is 2.27. The second kappa shape index (κ2) is 6.28. The highest BCUT2D eigenvalue weighted by Crippen LogP contribution is 2.29. The lowest BCUT2D eigenvalue weighted by molar-refractivity contribution is -0.138. The van der Waals surface area contributed by atoms with E-state index in [4.69, 9.17) is 4.74 Å². The fourth-order valence-corrected chi connectivity index (χ4v) is 2.89. The third kappa shape index (κ3) is 2.99. The number of carbonyl (C=O) groups excluding carboxylic acids is 2. The van der Waals surface area contributed by atoms with Gasteiger partial charge in [-0.2, -0.15) is 0 Å². The van der Waals surface area contributed by atoms with Crippen molar-refractivity contribution in [2.24, 2.45) is 0 Å². The molecule has 0 spiro atoms. The molecule has 1 aliphatic rings. The van der Waals surface area contributed by atoms with Gasteiger partial charge in [0.2, 0.25) is 0 Å². The van der Waals surface area contributed by atoms with Gasteiger partial charge in [-0.3, -0.25) is 4.79 Å². The van der Waals surface area contributed by atoms with Gasteiger partial charge in [-0.1, -0.05) is 30.3 Å². The van der Waals surface area contributed by atoms with Gasteiger partial charge in [0.1, 0.15) is 11.3 Å². The van der Waals surface area contributed by atoms with E-state index in [0.29, 0.717) is 18.5 Å². The minimum Gasteiger partial charge on any atom is -0.506 e. The van der Waals surface area contributed by atoms with E-state index in [0.717, 1.165) is 18.2 Å². The van der Waals surface area contributed by atoms with Crippen LogP contribution in [-0.2, 0) is 9.53 Å². The number of benzene rings is 2. The van der Waals surface area contributed by atoms with Crippen LogP contribution in [0.25, 0.3) is 10.8 Å². The molecule has 0 bridgehead atoms. The Morgan fingerprint density at radius 2 is 1.83 bits per heavy atom. The van der Waals surface area contributed by atoms with Crippen molar-refractivity contribution in [1.29, 1.82) is 0 Å². The van der Waals surface area contributed by atoms with Gasteiger partial charge in [-0.15, -0.1) is 0 Å². The molecule has 23 heavy (non-hydrogen) atoms. The van der Waals surface area contributed by atoms with Crippen LogP contribution < -0.4 is 0 Å². The first-order valence-electron chi connectivity index (χ1n) is 7.78. The van der Waals surface area contributed by atoms with Gasteiger partial charge < -0.3 is 14.7 Å². The molecule has 0 unspecified atom stereocenters. The van der Waals surface area contributed by atoms with E-state index in [-0.39, 0.29) is 17.2 Å². The van der Waals surface area contributed by atoms with E-state index in [1.807, 2.05) is 12.1 Å². The van der Waals surface area contributed by atoms with Crippen LogP contribution in [0.1, 0.15) is 30.1 Å². The van der Waals surface area contributed by atoms with E-state index in [2.05, 4.69) is 0 Å². The molecule has 0 aliphatic carbocycles. The van der Waals surface area contributed by atoms with Crippen molar-refractivity contribution in [3.8, 4) is 5.75 Å². The van der Waals surface area contributed by atoms with Crippen molar-refractivity contribution in [2.45, 2.75) is 25.9 Å². The zero-order valence-electron chi connectivity index (χ0n) is 13.0. The number of phenolic OH excluding ortho intramolecular Hbond substituents is 1. The number of fused-ring (bicyclic) bond motifs is 1. The molecule has 5 heteroatoms. The number of hydrogen-bond acceptors (Lipinski definition) is 4. The number of rotatable bonds is 3. The molecule has 120 valence electrons. The fraction of sp³-hybridized carbons (Fsp3) is 0.333. The normalized spacial score (nSPS) is 15.6. The summed E-state index contributed by atoms with van der Waals surface area (Å²) < 4.78 is 5.25. The quantitative estimate of drug-likeness (QED) is 0.885. The molecule has 1 atom stereocenters. The molecule has 1 saturated heterocycles. The van der Waals surface area contributed by atoms with Crippen LogP contribution in [0.4, 0.5) is 0 Å². The highest BCUT2D eigenvalue weighted by atomic mass is 16.5. The van der Waals surface area contributed by atoms with Crippen molar-refractivity contribution in [1.82, 2.24) is 4.90 Å². The molecule has 5 nitrogen and oxygen atoms in total. The summed E-state index contributed by atoms with van der Waals surface area (Å²) in [5, 5.41) is 11.7. The first-order chi connectivity index (χ1) is 11.1. The summed E-state index contributed by atoms with van der Waals surface area (Å²) in [5.41, 5.74) is 0.0739. The molecular weight excluding hydrogens is 294 g/mol. The maximum absolute atomic E-state index is 12.3. The van der Waals surface area contributed by atoms with Gasteiger partial charge in [0.15, 0.2) is 6.10 Å². The van der Waals surface area contributed by atoms with Crippen LogP contribution in [0.5, 0.6) is 5.75 Å². The van der Waals surface area contributed by atoms with E-state index >= 15 is 0 Å². The van der Waals surface area contributed by atoms with Crippen LogP contribution in [-0.4, -0.2) is 41.1 Å². The number of phenols is 1. The fourth-order valence-electron chi connectivity index (χ4n) is 2.89. The second-order valence-corrected chi connectivity index (χ2v) is 5.76. The first-order valence-corrected chi connectivity index (χ1v) is 7.78. The van der Waals surface area contributed by atoms with Crippen LogP contribution in [0.15, 0.2) is 36.4 Å². The lowest BCUT2D eigenvalue weighted by Crippen LogP contribution is -2.38. The predicted octanol–water partition coefficient (Wildman–Crippen LogP) is 2.71. The molecule has 0 radical (unpaired) electrons. The number of carbonyl (C=O) groups is 2. The molecule has 1 aliphatic heterocycles. The number of nitrogens with zero attached hydrogens (tertiary/aromatic N) is 1. The lowest BCUT2D eigenvalue weighted by atomic mass is 10.1. The molecule has 3 rings (SSSR count). The van der Waals surface area contributed by atoms with Gasteiger partial charge >= 0.3 is 5.97 Å². The Hall–Kier alpha value is -2.56. The summed E-state index contributed by atoms with van der Waals surface area (Å²) in [7, 11) is 0. The summed E-state index contributed by atoms with van der Waals surface area (Å²) in [6.45, 7) is 2.99. The van der Waals surface area contributed by atoms with Crippen LogP contribution in [0.2, 0.25) is 0 Å². The Balaban J connectivity index is 1.77. The largest absolute Gasteiger partial charge is 0.506 e. The second-order valence-electron chi connectivity index (χ2n) is 5.76. The molecule has 1 fully saturated rings. The number of ether oxygens (including phenoxy) is 1. The molecule has 1 N–H and O–H groups in total. The van der Waals surface area contributed by atoms with E-state index in [9.17, 15) is 14.7 Å². The first kappa shape index (κ1) is 15.3. The third-order valence-corrected chi connectivity index (χ3v) is 4.17. The van der Waals surface area contributed by atoms with Crippen molar-refractivity contribution < 1.29 is 19.4 Å². The highest BCUT2D eigenvalue weighted by molar-refractivity contribution is 6.01. The zero-order valence-corrected chi connectivity index (χ0v) is 13.0. The Morgan fingerprint density at radius 1 is 1.13 bits per heavy atom. The van der Waals surface area contributed by atoms with E-state index < -0.39 is 12.1 Å². The lowest BCUT2D eigenvalue weighted by Gasteiger charge is -2.20. The van der Waals surface area contributed by atoms with Crippen LogP contribution in [0, 0.1) is 0 Å². The van der Waals surface area contributed by atoms with Crippen molar-refractivity contribution >= 4 is 22.6 Å². The molecule has 1 amide bonds. The summed E-state index contributed by atoms with van der Waals surface area (Å²) in [6.07, 6.45) is 1.11.